The van der Waals surface area contributed by atoms with Gasteiger partial charge in [-0.2, -0.15) is 0 Å². The molecule has 1 nitrogen and oxygen atoms in total. The summed E-state index contributed by atoms with van der Waals surface area (Å²) in [5.41, 5.74) is 0. The molecule has 0 aromatic rings. The largest absolute Gasteiger partial charge is 0.393 e. The van der Waals surface area contributed by atoms with Crippen molar-refractivity contribution >= 4 is 0 Å². The van der Waals surface area contributed by atoms with Crippen molar-refractivity contribution in [3.05, 3.63) is 0 Å². The van der Waals surface area contributed by atoms with E-state index in [1.54, 1.807) is 0 Å². The Hall–Kier alpha value is -0.0400. The standard InChI is InChI=1S/C11H24O/c1-5-10(6-2)8-11(12)7-9(3)4/h9-12H,5-8H2,1-4H3. The molecule has 0 aliphatic rings. The first kappa shape index (κ1) is 12.0. The first-order chi connectivity index (χ1) is 5.60. The van der Waals surface area contributed by atoms with Crippen LogP contribution in [0.1, 0.15) is 53.4 Å². The predicted octanol–water partition coefficient (Wildman–Crippen LogP) is 3.22. The van der Waals surface area contributed by atoms with Crippen LogP contribution in [0.25, 0.3) is 0 Å². The predicted molar refractivity (Wildman–Crippen MR) is 54.2 cm³/mol. The van der Waals surface area contributed by atoms with Crippen molar-refractivity contribution < 1.29 is 5.11 Å². The van der Waals surface area contributed by atoms with Gasteiger partial charge in [0.05, 0.1) is 6.10 Å². The summed E-state index contributed by atoms with van der Waals surface area (Å²) in [7, 11) is 0. The van der Waals surface area contributed by atoms with Crippen molar-refractivity contribution in [1.82, 2.24) is 0 Å². The van der Waals surface area contributed by atoms with E-state index in [2.05, 4.69) is 27.7 Å². The molecule has 0 aliphatic carbocycles. The molecular formula is C11H24O. The Morgan fingerprint density at radius 3 is 1.83 bits per heavy atom. The summed E-state index contributed by atoms with van der Waals surface area (Å²) in [5.74, 6) is 1.34. The van der Waals surface area contributed by atoms with Crippen molar-refractivity contribution in [3.8, 4) is 0 Å². The van der Waals surface area contributed by atoms with E-state index in [1.165, 1.54) is 12.8 Å². The monoisotopic (exact) mass is 172 g/mol. The fraction of sp³-hybridized carbons (Fsp3) is 1.00. The van der Waals surface area contributed by atoms with E-state index in [4.69, 9.17) is 0 Å². The molecule has 0 radical (unpaired) electrons. The molecule has 0 heterocycles. The number of rotatable bonds is 6. The van der Waals surface area contributed by atoms with Crippen molar-refractivity contribution in [1.29, 1.82) is 0 Å². The minimum absolute atomic E-state index is 0.0742. The van der Waals surface area contributed by atoms with E-state index in [1.807, 2.05) is 0 Å². The lowest BCUT2D eigenvalue weighted by molar-refractivity contribution is 0.117. The van der Waals surface area contributed by atoms with Crippen molar-refractivity contribution in [2.45, 2.75) is 59.5 Å². The SMILES string of the molecule is CCC(CC)CC(O)CC(C)C. The van der Waals surface area contributed by atoms with Crippen LogP contribution in [0.3, 0.4) is 0 Å². The molecule has 0 saturated heterocycles. The summed E-state index contributed by atoms with van der Waals surface area (Å²) >= 11 is 0. The second kappa shape index (κ2) is 6.47. The molecule has 0 amide bonds. The van der Waals surface area contributed by atoms with Gasteiger partial charge in [0.1, 0.15) is 0 Å². The Labute approximate surface area is 77.2 Å². The molecule has 12 heavy (non-hydrogen) atoms. The third kappa shape index (κ3) is 5.59. The van der Waals surface area contributed by atoms with E-state index in [0.29, 0.717) is 5.92 Å². The summed E-state index contributed by atoms with van der Waals surface area (Å²) in [6, 6.07) is 0. The van der Waals surface area contributed by atoms with Gasteiger partial charge < -0.3 is 5.11 Å². The van der Waals surface area contributed by atoms with E-state index in [-0.39, 0.29) is 6.10 Å². The second-order valence-electron chi connectivity index (χ2n) is 4.20. The maximum Gasteiger partial charge on any atom is 0.0545 e. The fourth-order valence-corrected chi connectivity index (χ4v) is 1.65. The lowest BCUT2D eigenvalue weighted by Crippen LogP contribution is -2.15. The van der Waals surface area contributed by atoms with Gasteiger partial charge in [-0.25, -0.2) is 0 Å². The van der Waals surface area contributed by atoms with Gasteiger partial charge in [0.15, 0.2) is 0 Å². The average Bonchev–Trinajstić information content (AvgIpc) is 1.98. The maximum absolute atomic E-state index is 9.65. The van der Waals surface area contributed by atoms with Crippen LogP contribution in [0.4, 0.5) is 0 Å². The Morgan fingerprint density at radius 1 is 1.00 bits per heavy atom. The maximum atomic E-state index is 9.65. The van der Waals surface area contributed by atoms with Crippen molar-refractivity contribution in [2.75, 3.05) is 0 Å². The highest BCUT2D eigenvalue weighted by Gasteiger charge is 2.12. The van der Waals surface area contributed by atoms with Crippen LogP contribution >= 0.6 is 0 Å². The third-order valence-electron chi connectivity index (χ3n) is 2.50. The van der Waals surface area contributed by atoms with Gasteiger partial charge in [-0.3, -0.25) is 0 Å². The quantitative estimate of drug-likeness (QED) is 0.652. The van der Waals surface area contributed by atoms with Gasteiger partial charge in [-0.05, 0) is 24.7 Å². The van der Waals surface area contributed by atoms with Crippen LogP contribution in [0.15, 0.2) is 0 Å². The molecule has 0 rings (SSSR count). The molecule has 0 aromatic carbocycles. The minimum Gasteiger partial charge on any atom is -0.393 e. The fourth-order valence-electron chi connectivity index (χ4n) is 1.65. The van der Waals surface area contributed by atoms with E-state index >= 15 is 0 Å². The summed E-state index contributed by atoms with van der Waals surface area (Å²) in [5, 5.41) is 9.65. The van der Waals surface area contributed by atoms with Crippen molar-refractivity contribution in [2.24, 2.45) is 11.8 Å². The van der Waals surface area contributed by atoms with Crippen molar-refractivity contribution in [3.63, 3.8) is 0 Å². The van der Waals surface area contributed by atoms with Crippen LogP contribution in [-0.4, -0.2) is 11.2 Å². The lowest BCUT2D eigenvalue weighted by atomic mass is 9.92. The van der Waals surface area contributed by atoms with Gasteiger partial charge >= 0.3 is 0 Å². The van der Waals surface area contributed by atoms with E-state index in [0.717, 1.165) is 18.8 Å². The molecule has 0 saturated carbocycles. The highest BCUT2D eigenvalue weighted by molar-refractivity contribution is 4.64. The Bertz CT molecular complexity index is 95.2. The highest BCUT2D eigenvalue weighted by atomic mass is 16.3. The van der Waals surface area contributed by atoms with Gasteiger partial charge in [0.2, 0.25) is 0 Å². The van der Waals surface area contributed by atoms with Gasteiger partial charge in [0.25, 0.3) is 0 Å². The number of hydrogen-bond acceptors (Lipinski definition) is 1. The second-order valence-corrected chi connectivity index (χ2v) is 4.20. The first-order valence-electron chi connectivity index (χ1n) is 5.28. The average molecular weight is 172 g/mol. The van der Waals surface area contributed by atoms with E-state index in [9.17, 15) is 5.11 Å². The molecule has 74 valence electrons. The Balaban J connectivity index is 3.58. The minimum atomic E-state index is -0.0742. The molecule has 1 unspecified atom stereocenters. The molecule has 0 aromatic heterocycles. The molecule has 1 atom stereocenters. The summed E-state index contributed by atoms with van der Waals surface area (Å²) < 4.78 is 0. The van der Waals surface area contributed by atoms with Gasteiger partial charge in [-0.15, -0.1) is 0 Å². The zero-order valence-electron chi connectivity index (χ0n) is 9.01. The molecular weight excluding hydrogens is 148 g/mol. The van der Waals surface area contributed by atoms with E-state index < -0.39 is 0 Å². The molecule has 1 heteroatoms. The molecule has 0 spiro atoms. The number of aliphatic hydroxyl groups excluding tert-OH is 1. The Morgan fingerprint density at radius 2 is 1.50 bits per heavy atom. The summed E-state index contributed by atoms with van der Waals surface area (Å²) in [6.07, 6.45) is 4.27. The first-order valence-corrected chi connectivity index (χ1v) is 5.28. The van der Waals surface area contributed by atoms with Crippen LogP contribution in [0, 0.1) is 11.8 Å². The van der Waals surface area contributed by atoms with Crippen LogP contribution in [-0.2, 0) is 0 Å². The molecule has 0 bridgehead atoms. The highest BCUT2D eigenvalue weighted by Crippen LogP contribution is 2.18. The Kier molecular flexibility index (Phi) is 6.45. The van der Waals surface area contributed by atoms with Gasteiger partial charge in [0, 0.05) is 0 Å². The smallest absolute Gasteiger partial charge is 0.0545 e. The normalized spacial score (nSPS) is 14.2. The zero-order chi connectivity index (χ0) is 9.56. The molecule has 0 fully saturated rings. The lowest BCUT2D eigenvalue weighted by Gasteiger charge is -2.18. The summed E-state index contributed by atoms with van der Waals surface area (Å²) in [4.78, 5) is 0. The van der Waals surface area contributed by atoms with Crippen LogP contribution in [0.2, 0.25) is 0 Å². The zero-order valence-corrected chi connectivity index (χ0v) is 9.01. The number of aliphatic hydroxyl groups is 1. The topological polar surface area (TPSA) is 20.2 Å². The van der Waals surface area contributed by atoms with Crippen LogP contribution < -0.4 is 0 Å². The third-order valence-corrected chi connectivity index (χ3v) is 2.50. The van der Waals surface area contributed by atoms with Crippen LogP contribution in [0.5, 0.6) is 0 Å². The molecule has 1 N–H and O–H groups in total. The number of hydrogen-bond donors (Lipinski definition) is 1. The van der Waals surface area contributed by atoms with Gasteiger partial charge in [-0.1, -0.05) is 40.5 Å². The summed E-state index contributed by atoms with van der Waals surface area (Å²) in [6.45, 7) is 8.73. The molecule has 0 aliphatic heterocycles.